The lowest BCUT2D eigenvalue weighted by molar-refractivity contribution is 0.0929. The first-order valence-electron chi connectivity index (χ1n) is 9.51. The summed E-state index contributed by atoms with van der Waals surface area (Å²) in [5, 5.41) is 12.3. The topological polar surface area (TPSA) is 65.4 Å². The molecule has 3 aliphatic rings. The molecule has 0 spiro atoms. The van der Waals surface area contributed by atoms with Crippen LogP contribution in [0.2, 0.25) is 0 Å². The van der Waals surface area contributed by atoms with Gasteiger partial charge in [0.25, 0.3) is 5.91 Å². The van der Waals surface area contributed by atoms with Crippen LogP contribution in [0, 0.1) is 17.2 Å². The highest BCUT2D eigenvalue weighted by Crippen LogP contribution is 2.27. The Kier molecular flexibility index (Phi) is 5.08. The van der Waals surface area contributed by atoms with Crippen molar-refractivity contribution in [1.29, 1.82) is 5.26 Å². The second kappa shape index (κ2) is 7.81. The van der Waals surface area contributed by atoms with Crippen LogP contribution < -0.4 is 10.1 Å². The fourth-order valence-corrected chi connectivity index (χ4v) is 4.02. The summed E-state index contributed by atoms with van der Waals surface area (Å²) in [6.07, 6.45) is 3.58. The van der Waals surface area contributed by atoms with E-state index in [1.54, 1.807) is 42.5 Å². The van der Waals surface area contributed by atoms with Crippen LogP contribution in [0.4, 0.5) is 0 Å². The van der Waals surface area contributed by atoms with Crippen molar-refractivity contribution in [3.8, 4) is 17.6 Å². The van der Waals surface area contributed by atoms with Crippen LogP contribution >= 0.6 is 0 Å². The van der Waals surface area contributed by atoms with E-state index in [0.29, 0.717) is 22.6 Å². The van der Waals surface area contributed by atoms with Crippen LogP contribution in [-0.2, 0) is 0 Å². The summed E-state index contributed by atoms with van der Waals surface area (Å²) in [4.78, 5) is 15.1. The molecule has 0 aromatic heterocycles. The molecule has 27 heavy (non-hydrogen) atoms. The van der Waals surface area contributed by atoms with E-state index >= 15 is 0 Å². The van der Waals surface area contributed by atoms with Crippen molar-refractivity contribution in [1.82, 2.24) is 10.2 Å². The number of hydrogen-bond donors (Lipinski definition) is 1. The van der Waals surface area contributed by atoms with Gasteiger partial charge in [0.15, 0.2) is 0 Å². The predicted octanol–water partition coefficient (Wildman–Crippen LogP) is 3.56. The molecule has 1 unspecified atom stereocenters. The number of nitrogens with zero attached hydrogens (tertiary/aromatic N) is 2. The molecule has 138 valence electrons. The predicted molar refractivity (Wildman–Crippen MR) is 103 cm³/mol. The Bertz CT molecular complexity index is 835. The van der Waals surface area contributed by atoms with E-state index in [9.17, 15) is 4.79 Å². The third-order valence-corrected chi connectivity index (χ3v) is 5.49. The Morgan fingerprint density at radius 3 is 2.59 bits per heavy atom. The van der Waals surface area contributed by atoms with Crippen LogP contribution in [-0.4, -0.2) is 36.5 Å². The molecule has 5 heteroatoms. The number of piperidine rings is 1. The van der Waals surface area contributed by atoms with Crippen LogP contribution in [0.1, 0.15) is 35.2 Å². The van der Waals surface area contributed by atoms with E-state index in [2.05, 4.69) is 16.3 Å². The van der Waals surface area contributed by atoms with E-state index < -0.39 is 0 Å². The number of rotatable bonds is 4. The van der Waals surface area contributed by atoms with Crippen LogP contribution in [0.25, 0.3) is 0 Å². The highest BCUT2D eigenvalue weighted by atomic mass is 16.5. The minimum atomic E-state index is -0.0357. The van der Waals surface area contributed by atoms with E-state index in [1.807, 2.05) is 6.07 Å². The number of para-hydroxylation sites is 1. The third kappa shape index (κ3) is 4.12. The molecular formula is C22H23N3O2. The summed E-state index contributed by atoms with van der Waals surface area (Å²) in [5.41, 5.74) is 1.11. The molecule has 0 radical (unpaired) electrons. The summed E-state index contributed by atoms with van der Waals surface area (Å²) in [6, 6.07) is 16.5. The lowest BCUT2D eigenvalue weighted by atomic mass is 9.94. The highest BCUT2D eigenvalue weighted by Gasteiger charge is 2.29. The first-order valence-corrected chi connectivity index (χ1v) is 9.51. The number of benzene rings is 2. The average molecular weight is 361 g/mol. The van der Waals surface area contributed by atoms with Gasteiger partial charge in [0.05, 0.1) is 5.56 Å². The maximum Gasteiger partial charge on any atom is 0.251 e. The van der Waals surface area contributed by atoms with Crippen molar-refractivity contribution in [2.45, 2.75) is 25.3 Å². The van der Waals surface area contributed by atoms with Crippen LogP contribution in [0.5, 0.6) is 11.5 Å². The molecule has 0 saturated carbocycles. The van der Waals surface area contributed by atoms with Crippen LogP contribution in [0.3, 0.4) is 0 Å². The van der Waals surface area contributed by atoms with Gasteiger partial charge < -0.3 is 15.0 Å². The SMILES string of the molecule is N#Cc1ccccc1Oc1ccc(C(=O)NC2CC3CCN(CC3)C2)cc1. The van der Waals surface area contributed by atoms with Gasteiger partial charge in [0.1, 0.15) is 17.6 Å². The van der Waals surface area contributed by atoms with Crippen molar-refractivity contribution in [3.63, 3.8) is 0 Å². The van der Waals surface area contributed by atoms with Gasteiger partial charge in [-0.3, -0.25) is 4.79 Å². The fraction of sp³-hybridized carbons (Fsp3) is 0.364. The normalized spacial score (nSPS) is 23.9. The van der Waals surface area contributed by atoms with Gasteiger partial charge in [-0.25, -0.2) is 0 Å². The number of nitrogens with one attached hydrogen (secondary N) is 1. The van der Waals surface area contributed by atoms with Gasteiger partial charge in [0.2, 0.25) is 0 Å². The largest absolute Gasteiger partial charge is 0.456 e. The van der Waals surface area contributed by atoms with Crippen molar-refractivity contribution in [2.24, 2.45) is 5.92 Å². The minimum absolute atomic E-state index is 0.0357. The number of carbonyl (C=O) groups is 1. The molecule has 3 saturated heterocycles. The maximum absolute atomic E-state index is 12.6. The van der Waals surface area contributed by atoms with Crippen molar-refractivity contribution in [3.05, 3.63) is 59.7 Å². The van der Waals surface area contributed by atoms with E-state index in [0.717, 1.165) is 32.0 Å². The summed E-state index contributed by atoms with van der Waals surface area (Å²) >= 11 is 0. The summed E-state index contributed by atoms with van der Waals surface area (Å²) in [6.45, 7) is 3.27. The molecule has 2 aromatic carbocycles. The third-order valence-electron chi connectivity index (χ3n) is 5.49. The molecule has 3 heterocycles. The number of ether oxygens (including phenoxy) is 1. The number of amides is 1. The Labute approximate surface area is 159 Å². The Morgan fingerprint density at radius 2 is 1.85 bits per heavy atom. The Morgan fingerprint density at radius 1 is 1.11 bits per heavy atom. The van der Waals surface area contributed by atoms with Crippen molar-refractivity contribution >= 4 is 5.91 Å². The molecule has 5 rings (SSSR count). The van der Waals surface area contributed by atoms with Crippen molar-refractivity contribution < 1.29 is 9.53 Å². The number of fused-ring (bicyclic) bond motifs is 4. The molecule has 5 nitrogen and oxygen atoms in total. The molecule has 2 aromatic rings. The minimum Gasteiger partial charge on any atom is -0.456 e. The molecule has 1 N–H and O–H groups in total. The zero-order chi connectivity index (χ0) is 18.6. The highest BCUT2D eigenvalue weighted by molar-refractivity contribution is 5.94. The molecule has 2 bridgehead atoms. The van der Waals surface area contributed by atoms with Crippen molar-refractivity contribution in [2.75, 3.05) is 19.6 Å². The van der Waals surface area contributed by atoms with Gasteiger partial charge in [-0.2, -0.15) is 5.26 Å². The smallest absolute Gasteiger partial charge is 0.251 e. The van der Waals surface area contributed by atoms with Gasteiger partial charge in [0, 0.05) is 18.2 Å². The van der Waals surface area contributed by atoms with Gasteiger partial charge in [-0.15, -0.1) is 0 Å². The zero-order valence-electron chi connectivity index (χ0n) is 15.2. The molecular weight excluding hydrogens is 338 g/mol. The average Bonchev–Trinajstić information content (AvgIpc) is 3.01. The molecule has 0 aliphatic carbocycles. The summed E-state index contributed by atoms with van der Waals surface area (Å²) in [5.74, 6) is 1.82. The summed E-state index contributed by atoms with van der Waals surface area (Å²) < 4.78 is 5.78. The van der Waals surface area contributed by atoms with E-state index in [4.69, 9.17) is 10.00 Å². The second-order valence-corrected chi connectivity index (χ2v) is 7.38. The maximum atomic E-state index is 12.6. The number of carbonyl (C=O) groups excluding carboxylic acids is 1. The first kappa shape index (κ1) is 17.6. The van der Waals surface area contributed by atoms with Gasteiger partial charge in [-0.1, -0.05) is 12.1 Å². The lowest BCUT2D eigenvalue weighted by Crippen LogP contribution is -2.41. The zero-order valence-corrected chi connectivity index (χ0v) is 15.2. The molecule has 1 atom stereocenters. The lowest BCUT2D eigenvalue weighted by Gasteiger charge is -2.26. The van der Waals surface area contributed by atoms with E-state index in [1.165, 1.54) is 12.8 Å². The van der Waals surface area contributed by atoms with E-state index in [-0.39, 0.29) is 11.9 Å². The Balaban J connectivity index is 1.40. The number of hydrogen-bond acceptors (Lipinski definition) is 4. The monoisotopic (exact) mass is 361 g/mol. The van der Waals surface area contributed by atoms with Gasteiger partial charge in [-0.05, 0) is 74.7 Å². The standard InChI is InChI=1S/C22H23N3O2/c23-14-18-3-1-2-4-21(18)27-20-7-5-17(6-8-20)22(26)24-19-13-16-9-11-25(15-19)12-10-16/h1-8,16,19H,9-13,15H2,(H,24,26). The Hall–Kier alpha value is -2.84. The van der Waals surface area contributed by atoms with Gasteiger partial charge >= 0.3 is 0 Å². The molecule has 3 fully saturated rings. The molecule has 3 aliphatic heterocycles. The second-order valence-electron chi connectivity index (χ2n) is 7.38. The summed E-state index contributed by atoms with van der Waals surface area (Å²) in [7, 11) is 0. The van der Waals surface area contributed by atoms with Crippen LogP contribution in [0.15, 0.2) is 48.5 Å². The fourth-order valence-electron chi connectivity index (χ4n) is 4.02. The number of nitriles is 1. The first-order chi connectivity index (χ1) is 13.2. The molecule has 1 amide bonds. The quantitative estimate of drug-likeness (QED) is 0.904.